The number of amides is 1. The van der Waals surface area contributed by atoms with E-state index >= 15 is 0 Å². The highest BCUT2D eigenvalue weighted by atomic mass is 16.5. The molecule has 0 fully saturated rings. The Morgan fingerprint density at radius 2 is 1.76 bits per heavy atom. The summed E-state index contributed by atoms with van der Waals surface area (Å²) in [6.07, 6.45) is 2.98. The summed E-state index contributed by atoms with van der Waals surface area (Å²) < 4.78 is 10.4. The fraction of sp³-hybridized carbons (Fsp3) is 0.125. The molecule has 0 saturated carbocycles. The molecule has 2 N–H and O–H groups in total. The van der Waals surface area contributed by atoms with Gasteiger partial charge >= 0.3 is 0 Å². The van der Waals surface area contributed by atoms with Crippen LogP contribution < -0.4 is 15.2 Å². The predicted molar refractivity (Wildman–Crippen MR) is 78.3 cm³/mol. The van der Waals surface area contributed by atoms with E-state index in [1.165, 1.54) is 6.20 Å². The number of aromatic nitrogens is 1. The molecular formula is C16H14N2O3. The second kappa shape index (κ2) is 6.44. The number of hydrogen-bond acceptors (Lipinski definition) is 4. The fourth-order valence-electron chi connectivity index (χ4n) is 1.70. The van der Waals surface area contributed by atoms with Crippen LogP contribution in [0.15, 0.2) is 36.7 Å². The molecule has 0 radical (unpaired) electrons. The molecule has 0 bridgehead atoms. The molecule has 0 atom stereocenters. The van der Waals surface area contributed by atoms with Crippen LogP contribution in [0.4, 0.5) is 0 Å². The number of carbonyl (C=O) groups is 1. The van der Waals surface area contributed by atoms with Crippen molar-refractivity contribution in [1.82, 2.24) is 4.98 Å². The highest BCUT2D eigenvalue weighted by Gasteiger charge is 2.03. The summed E-state index contributed by atoms with van der Waals surface area (Å²) >= 11 is 0. The molecule has 5 nitrogen and oxygen atoms in total. The van der Waals surface area contributed by atoms with Crippen molar-refractivity contribution in [3.8, 4) is 23.3 Å². The molecule has 1 amide bonds. The zero-order valence-electron chi connectivity index (χ0n) is 11.7. The van der Waals surface area contributed by atoms with Gasteiger partial charge in [-0.25, -0.2) is 0 Å². The molecule has 0 aliphatic rings. The highest BCUT2D eigenvalue weighted by molar-refractivity contribution is 5.92. The molecule has 2 aromatic rings. The van der Waals surface area contributed by atoms with Gasteiger partial charge in [0.15, 0.2) is 11.5 Å². The summed E-state index contributed by atoms with van der Waals surface area (Å²) in [5.41, 5.74) is 6.90. The summed E-state index contributed by atoms with van der Waals surface area (Å²) in [5.74, 6) is 6.62. The molecule has 0 aliphatic carbocycles. The largest absolute Gasteiger partial charge is 0.493 e. The van der Waals surface area contributed by atoms with Crippen LogP contribution in [0.5, 0.6) is 11.5 Å². The van der Waals surface area contributed by atoms with Crippen LogP contribution in [0, 0.1) is 11.8 Å². The van der Waals surface area contributed by atoms with Gasteiger partial charge in [0.2, 0.25) is 5.91 Å². The monoisotopic (exact) mass is 282 g/mol. The number of nitrogens with zero attached hydrogens (tertiary/aromatic N) is 1. The standard InChI is InChI=1S/C16H14N2O3/c1-20-14-6-5-11(8-15(14)21-2)3-4-12-7-13(16(17)19)10-18-9-12/h5-10H,1-2H3,(H2,17,19). The summed E-state index contributed by atoms with van der Waals surface area (Å²) in [4.78, 5) is 15.0. The number of ether oxygens (including phenoxy) is 2. The van der Waals surface area contributed by atoms with Crippen molar-refractivity contribution in [2.75, 3.05) is 14.2 Å². The first-order valence-electron chi connectivity index (χ1n) is 6.13. The Bertz CT molecular complexity index is 730. The van der Waals surface area contributed by atoms with Gasteiger partial charge < -0.3 is 15.2 Å². The van der Waals surface area contributed by atoms with Gasteiger partial charge in [0, 0.05) is 23.5 Å². The Kier molecular flexibility index (Phi) is 4.42. The van der Waals surface area contributed by atoms with Crippen LogP contribution in [0.1, 0.15) is 21.5 Å². The zero-order valence-corrected chi connectivity index (χ0v) is 11.7. The van der Waals surface area contributed by atoms with E-state index in [0.29, 0.717) is 22.6 Å². The number of pyridine rings is 1. The maximum atomic E-state index is 11.1. The van der Waals surface area contributed by atoms with Crippen molar-refractivity contribution in [2.24, 2.45) is 5.73 Å². The van der Waals surface area contributed by atoms with Crippen LogP contribution in [0.25, 0.3) is 0 Å². The molecule has 21 heavy (non-hydrogen) atoms. The molecule has 106 valence electrons. The maximum absolute atomic E-state index is 11.1. The van der Waals surface area contributed by atoms with E-state index in [1.54, 1.807) is 38.6 Å². The predicted octanol–water partition coefficient (Wildman–Crippen LogP) is 1.60. The summed E-state index contributed by atoms with van der Waals surface area (Å²) in [6.45, 7) is 0. The SMILES string of the molecule is COc1ccc(C#Cc2cncc(C(N)=O)c2)cc1OC. The van der Waals surface area contributed by atoms with Crippen molar-refractivity contribution in [2.45, 2.75) is 0 Å². The van der Waals surface area contributed by atoms with Gasteiger partial charge in [-0.05, 0) is 24.3 Å². The van der Waals surface area contributed by atoms with Crippen molar-refractivity contribution < 1.29 is 14.3 Å². The lowest BCUT2D eigenvalue weighted by molar-refractivity contribution is 0.1000. The van der Waals surface area contributed by atoms with E-state index in [1.807, 2.05) is 6.07 Å². The van der Waals surface area contributed by atoms with Crippen LogP contribution in [0.3, 0.4) is 0 Å². The molecule has 2 rings (SSSR count). The zero-order chi connectivity index (χ0) is 15.2. The van der Waals surface area contributed by atoms with Crippen molar-refractivity contribution in [3.63, 3.8) is 0 Å². The number of carbonyl (C=O) groups excluding carboxylic acids is 1. The molecule has 1 heterocycles. The molecule has 0 spiro atoms. The van der Waals surface area contributed by atoms with Gasteiger partial charge in [0.1, 0.15) is 0 Å². The number of hydrogen-bond donors (Lipinski definition) is 1. The molecule has 0 unspecified atom stereocenters. The normalized spacial score (nSPS) is 9.43. The lowest BCUT2D eigenvalue weighted by atomic mass is 10.1. The van der Waals surface area contributed by atoms with Gasteiger partial charge in [-0.2, -0.15) is 0 Å². The Morgan fingerprint density at radius 3 is 2.43 bits per heavy atom. The lowest BCUT2D eigenvalue weighted by Crippen LogP contribution is -2.11. The third kappa shape index (κ3) is 3.51. The molecule has 1 aromatic carbocycles. The van der Waals surface area contributed by atoms with Crippen LogP contribution in [-0.2, 0) is 0 Å². The van der Waals surface area contributed by atoms with Crippen molar-refractivity contribution >= 4 is 5.91 Å². The van der Waals surface area contributed by atoms with Crippen molar-refractivity contribution in [1.29, 1.82) is 0 Å². The summed E-state index contributed by atoms with van der Waals surface area (Å²) in [6, 6.07) is 6.97. The number of benzene rings is 1. The number of nitrogens with two attached hydrogens (primary N) is 1. The van der Waals surface area contributed by atoms with Crippen molar-refractivity contribution in [3.05, 3.63) is 53.3 Å². The van der Waals surface area contributed by atoms with E-state index < -0.39 is 5.91 Å². The summed E-state index contributed by atoms with van der Waals surface area (Å²) in [5, 5.41) is 0. The first-order chi connectivity index (χ1) is 10.1. The second-order valence-electron chi connectivity index (χ2n) is 4.15. The lowest BCUT2D eigenvalue weighted by Gasteiger charge is -2.06. The maximum Gasteiger partial charge on any atom is 0.250 e. The van der Waals surface area contributed by atoms with Gasteiger partial charge in [-0.3, -0.25) is 9.78 Å². The Morgan fingerprint density at radius 1 is 1.05 bits per heavy atom. The second-order valence-corrected chi connectivity index (χ2v) is 4.15. The molecule has 5 heteroatoms. The average Bonchev–Trinajstić information content (AvgIpc) is 2.52. The first kappa shape index (κ1) is 14.4. The number of rotatable bonds is 3. The molecule has 1 aromatic heterocycles. The minimum atomic E-state index is -0.530. The number of primary amides is 1. The first-order valence-corrected chi connectivity index (χ1v) is 6.13. The Labute approximate surface area is 122 Å². The molecular weight excluding hydrogens is 268 g/mol. The van der Waals surface area contributed by atoms with Gasteiger partial charge in [0.05, 0.1) is 19.8 Å². The third-order valence-corrected chi connectivity index (χ3v) is 2.76. The number of methoxy groups -OCH3 is 2. The van der Waals surface area contributed by atoms with E-state index in [0.717, 1.165) is 5.56 Å². The molecule has 0 aliphatic heterocycles. The minimum absolute atomic E-state index is 0.328. The smallest absolute Gasteiger partial charge is 0.250 e. The minimum Gasteiger partial charge on any atom is -0.493 e. The van der Waals surface area contributed by atoms with Crippen LogP contribution >= 0.6 is 0 Å². The quantitative estimate of drug-likeness (QED) is 0.868. The molecule has 0 saturated heterocycles. The third-order valence-electron chi connectivity index (χ3n) is 2.76. The Hall–Kier alpha value is -3.00. The van der Waals surface area contributed by atoms with Crippen LogP contribution in [0.2, 0.25) is 0 Å². The fourth-order valence-corrected chi connectivity index (χ4v) is 1.70. The van der Waals surface area contributed by atoms with E-state index in [9.17, 15) is 4.79 Å². The van der Waals surface area contributed by atoms with Crippen LogP contribution in [-0.4, -0.2) is 25.1 Å². The van der Waals surface area contributed by atoms with Gasteiger partial charge in [0.25, 0.3) is 0 Å². The van der Waals surface area contributed by atoms with E-state index in [2.05, 4.69) is 16.8 Å². The van der Waals surface area contributed by atoms with Gasteiger partial charge in [-0.15, -0.1) is 0 Å². The highest BCUT2D eigenvalue weighted by Crippen LogP contribution is 2.27. The average molecular weight is 282 g/mol. The van der Waals surface area contributed by atoms with E-state index in [4.69, 9.17) is 15.2 Å². The Balaban J connectivity index is 2.30. The van der Waals surface area contributed by atoms with E-state index in [-0.39, 0.29) is 0 Å². The summed E-state index contributed by atoms with van der Waals surface area (Å²) in [7, 11) is 3.14. The topological polar surface area (TPSA) is 74.4 Å². The van der Waals surface area contributed by atoms with Gasteiger partial charge in [-0.1, -0.05) is 11.8 Å².